The lowest BCUT2D eigenvalue weighted by Crippen LogP contribution is -2.47. The predicted molar refractivity (Wildman–Crippen MR) is 127 cm³/mol. The summed E-state index contributed by atoms with van der Waals surface area (Å²) >= 11 is 0. The van der Waals surface area contributed by atoms with Crippen molar-refractivity contribution in [2.75, 3.05) is 36.0 Å². The highest BCUT2D eigenvalue weighted by molar-refractivity contribution is 5.83. The Morgan fingerprint density at radius 2 is 1.69 bits per heavy atom. The number of anilines is 2. The maximum absolute atomic E-state index is 12.8. The van der Waals surface area contributed by atoms with E-state index in [0.717, 1.165) is 48.9 Å². The Morgan fingerprint density at radius 1 is 0.938 bits per heavy atom. The first-order chi connectivity index (χ1) is 15.7. The fraction of sp³-hybridized carbons (Fsp3) is 0.231. The van der Waals surface area contributed by atoms with E-state index in [2.05, 4.69) is 14.8 Å². The van der Waals surface area contributed by atoms with Gasteiger partial charge in [0.05, 0.1) is 5.39 Å². The quantitative estimate of drug-likeness (QED) is 0.471. The summed E-state index contributed by atoms with van der Waals surface area (Å²) in [6, 6.07) is 21.2. The largest absolute Gasteiger partial charge is 0.488 e. The van der Waals surface area contributed by atoms with Crippen LogP contribution in [0.2, 0.25) is 0 Å². The van der Waals surface area contributed by atoms with Crippen molar-refractivity contribution in [2.24, 2.45) is 0 Å². The van der Waals surface area contributed by atoms with Crippen molar-refractivity contribution in [3.63, 3.8) is 0 Å². The van der Waals surface area contributed by atoms with Gasteiger partial charge in [0.15, 0.2) is 11.3 Å². The van der Waals surface area contributed by atoms with Crippen LogP contribution in [-0.4, -0.2) is 31.2 Å². The van der Waals surface area contributed by atoms with Crippen molar-refractivity contribution in [2.45, 2.75) is 13.5 Å². The van der Waals surface area contributed by atoms with Gasteiger partial charge in [0.2, 0.25) is 0 Å². The van der Waals surface area contributed by atoms with Gasteiger partial charge in [-0.3, -0.25) is 4.79 Å². The van der Waals surface area contributed by atoms with Crippen LogP contribution in [0.1, 0.15) is 11.1 Å². The van der Waals surface area contributed by atoms with E-state index in [0.29, 0.717) is 23.5 Å². The first-order valence-corrected chi connectivity index (χ1v) is 10.8. The number of ether oxygens (including phenoxy) is 1. The summed E-state index contributed by atoms with van der Waals surface area (Å²) in [7, 11) is 0. The molecule has 0 bridgehead atoms. The molecule has 4 aromatic rings. The molecule has 0 spiro atoms. The number of aryl methyl sites for hydroxylation is 1. The molecule has 1 saturated heterocycles. The first-order valence-electron chi connectivity index (χ1n) is 10.8. The summed E-state index contributed by atoms with van der Waals surface area (Å²) < 4.78 is 12.3. The molecule has 0 saturated carbocycles. The van der Waals surface area contributed by atoms with Gasteiger partial charge in [-0.25, -0.2) is 4.98 Å². The van der Waals surface area contributed by atoms with Crippen LogP contribution < -0.4 is 20.0 Å². The van der Waals surface area contributed by atoms with E-state index in [9.17, 15) is 4.79 Å². The predicted octanol–water partition coefficient (Wildman–Crippen LogP) is 4.40. The number of fused-ring (bicyclic) bond motifs is 1. The second-order valence-electron chi connectivity index (χ2n) is 7.95. The Hall–Kier alpha value is -3.80. The highest BCUT2D eigenvalue weighted by Crippen LogP contribution is 2.29. The van der Waals surface area contributed by atoms with E-state index in [4.69, 9.17) is 9.15 Å². The van der Waals surface area contributed by atoms with Gasteiger partial charge in [0, 0.05) is 44.0 Å². The Balaban J connectivity index is 1.37. The zero-order chi connectivity index (χ0) is 21.9. The zero-order valence-corrected chi connectivity index (χ0v) is 18.0. The van der Waals surface area contributed by atoms with Gasteiger partial charge in [0.25, 0.3) is 0 Å². The van der Waals surface area contributed by atoms with Gasteiger partial charge in [0.1, 0.15) is 23.8 Å². The van der Waals surface area contributed by atoms with E-state index >= 15 is 0 Å². The minimum atomic E-state index is -0.0360. The summed E-state index contributed by atoms with van der Waals surface area (Å²) in [5.41, 5.74) is 2.48. The minimum Gasteiger partial charge on any atom is -0.488 e. The second kappa shape index (κ2) is 8.75. The number of benzene rings is 2. The van der Waals surface area contributed by atoms with Gasteiger partial charge < -0.3 is 19.0 Å². The summed E-state index contributed by atoms with van der Waals surface area (Å²) in [4.78, 5) is 21.6. The number of hydrogen-bond donors (Lipinski definition) is 0. The third-order valence-electron chi connectivity index (χ3n) is 5.88. The van der Waals surface area contributed by atoms with Crippen molar-refractivity contribution < 1.29 is 9.15 Å². The first kappa shape index (κ1) is 20.1. The monoisotopic (exact) mass is 427 g/mol. The van der Waals surface area contributed by atoms with Crippen LogP contribution in [0.4, 0.5) is 11.7 Å². The summed E-state index contributed by atoms with van der Waals surface area (Å²) in [5.74, 6) is 2.30. The Labute approximate surface area is 186 Å². The molecule has 0 amide bonds. The number of hydrogen-bond acceptors (Lipinski definition) is 6. The molecule has 1 fully saturated rings. The fourth-order valence-electron chi connectivity index (χ4n) is 4.07. The molecule has 0 aliphatic carbocycles. The smallest absolute Gasteiger partial charge is 0.200 e. The highest BCUT2D eigenvalue weighted by Gasteiger charge is 2.21. The molecule has 32 heavy (non-hydrogen) atoms. The molecule has 1 aliphatic heterocycles. The Kier molecular flexibility index (Phi) is 5.50. The average molecular weight is 428 g/mol. The zero-order valence-electron chi connectivity index (χ0n) is 18.0. The molecule has 5 rings (SSSR count). The van der Waals surface area contributed by atoms with Crippen molar-refractivity contribution in [3.05, 3.63) is 94.3 Å². The molecule has 0 N–H and O–H groups in total. The molecule has 1 aliphatic rings. The van der Waals surface area contributed by atoms with Crippen LogP contribution in [-0.2, 0) is 6.61 Å². The van der Waals surface area contributed by atoms with Crippen LogP contribution in [0.25, 0.3) is 11.0 Å². The van der Waals surface area contributed by atoms with Crippen LogP contribution in [0.5, 0.6) is 5.75 Å². The average Bonchev–Trinajstić information content (AvgIpc) is 2.85. The lowest BCUT2D eigenvalue weighted by Gasteiger charge is -2.35. The van der Waals surface area contributed by atoms with Crippen molar-refractivity contribution in [1.82, 2.24) is 4.98 Å². The topological polar surface area (TPSA) is 58.8 Å². The number of pyridine rings is 1. The van der Waals surface area contributed by atoms with Gasteiger partial charge >= 0.3 is 0 Å². The van der Waals surface area contributed by atoms with Gasteiger partial charge in [-0.1, -0.05) is 36.4 Å². The van der Waals surface area contributed by atoms with Crippen LogP contribution >= 0.6 is 0 Å². The molecular weight excluding hydrogens is 402 g/mol. The number of piperazine rings is 1. The summed E-state index contributed by atoms with van der Waals surface area (Å²) in [6.45, 7) is 5.56. The van der Waals surface area contributed by atoms with Gasteiger partial charge in [-0.15, -0.1) is 0 Å². The molecule has 3 heterocycles. The van der Waals surface area contributed by atoms with Crippen LogP contribution in [0.15, 0.2) is 82.1 Å². The van der Waals surface area contributed by atoms with Crippen molar-refractivity contribution in [1.29, 1.82) is 0 Å². The second-order valence-corrected chi connectivity index (χ2v) is 7.95. The van der Waals surface area contributed by atoms with E-state index in [1.54, 1.807) is 12.1 Å². The summed E-state index contributed by atoms with van der Waals surface area (Å²) in [5, 5.41) is 0.574. The molecule has 0 unspecified atom stereocenters. The fourth-order valence-corrected chi connectivity index (χ4v) is 4.07. The molecular formula is C26H25N3O3. The van der Waals surface area contributed by atoms with Crippen molar-refractivity contribution >= 4 is 22.7 Å². The molecule has 0 radical (unpaired) electrons. The van der Waals surface area contributed by atoms with Crippen LogP contribution in [0, 0.1) is 6.92 Å². The Bertz CT molecular complexity index is 1260. The normalized spacial score (nSPS) is 14.0. The van der Waals surface area contributed by atoms with E-state index in [1.165, 1.54) is 0 Å². The minimum absolute atomic E-state index is 0.0360. The standard InChI is InChI=1S/C26H25N3O3/c1-19-23(31-18-20-7-3-2-4-8-20)11-10-21-22(30)17-25(32-26(19)21)29-15-13-28(14-16-29)24-9-5-6-12-27-24/h2-12,17H,13-16,18H2,1H3. The Morgan fingerprint density at radius 3 is 2.44 bits per heavy atom. The number of rotatable bonds is 5. The lowest BCUT2D eigenvalue weighted by atomic mass is 10.1. The van der Waals surface area contributed by atoms with Crippen LogP contribution in [0.3, 0.4) is 0 Å². The molecule has 6 nitrogen and oxygen atoms in total. The maximum atomic E-state index is 12.8. The molecule has 2 aromatic carbocycles. The molecule has 6 heteroatoms. The lowest BCUT2D eigenvalue weighted by molar-refractivity contribution is 0.304. The van der Waals surface area contributed by atoms with E-state index in [-0.39, 0.29) is 5.43 Å². The van der Waals surface area contributed by atoms with E-state index in [1.807, 2.05) is 67.7 Å². The maximum Gasteiger partial charge on any atom is 0.200 e. The third-order valence-corrected chi connectivity index (χ3v) is 5.88. The number of aromatic nitrogens is 1. The van der Waals surface area contributed by atoms with Crippen molar-refractivity contribution in [3.8, 4) is 5.75 Å². The van der Waals surface area contributed by atoms with Gasteiger partial charge in [-0.05, 0) is 36.8 Å². The van der Waals surface area contributed by atoms with Gasteiger partial charge in [-0.2, -0.15) is 0 Å². The van der Waals surface area contributed by atoms with E-state index < -0.39 is 0 Å². The molecule has 2 aromatic heterocycles. The molecule has 0 atom stereocenters. The SMILES string of the molecule is Cc1c(OCc2ccccc2)ccc2c(=O)cc(N3CCN(c4ccccn4)CC3)oc12. The summed E-state index contributed by atoms with van der Waals surface area (Å²) in [6.07, 6.45) is 1.81. The highest BCUT2D eigenvalue weighted by atomic mass is 16.5. The number of nitrogens with zero attached hydrogens (tertiary/aromatic N) is 3. The molecule has 162 valence electrons. The third kappa shape index (κ3) is 4.04.